The molecule has 2 N–H and O–H groups in total. The minimum Gasteiger partial charge on any atom is -0.478 e. The minimum atomic E-state index is -1.09. The molecule has 6 aromatic rings. The zero-order chi connectivity index (χ0) is 34.9. The number of benzene rings is 6. The molecule has 0 fully saturated rings. The molecule has 6 nitrogen and oxygen atoms in total. The van der Waals surface area contributed by atoms with Gasteiger partial charge in [-0.1, -0.05) is 83.9 Å². The van der Waals surface area contributed by atoms with Gasteiger partial charge >= 0.3 is 11.9 Å². The first kappa shape index (κ1) is 33.5. The second-order valence-corrected chi connectivity index (χ2v) is 12.3. The van der Waals surface area contributed by atoms with Crippen molar-refractivity contribution < 1.29 is 29.4 Å². The Morgan fingerprint density at radius 3 is 0.896 bits per heavy atom. The van der Waals surface area contributed by atoms with E-state index in [9.17, 15) is 29.4 Å². The number of aryl methyl sites for hydroxylation is 6. The Bertz CT molecular complexity index is 2080. The third-order valence-corrected chi connectivity index (χ3v) is 8.53. The second kappa shape index (κ2) is 13.5. The predicted molar refractivity (Wildman–Crippen MR) is 190 cm³/mol. The summed E-state index contributed by atoms with van der Waals surface area (Å²) in [6.07, 6.45) is 0. The highest BCUT2D eigenvalue weighted by Crippen LogP contribution is 2.28. The summed E-state index contributed by atoms with van der Waals surface area (Å²) in [6, 6.07) is 29.2. The Balaban J connectivity index is 0.000000188. The molecule has 0 amide bonds. The molecule has 0 aromatic heterocycles. The van der Waals surface area contributed by atoms with E-state index in [1.165, 1.54) is 0 Å². The summed E-state index contributed by atoms with van der Waals surface area (Å²) >= 11 is 0. The lowest BCUT2D eigenvalue weighted by Crippen LogP contribution is -2.12. The minimum absolute atomic E-state index is 0.0399. The molecule has 0 bridgehead atoms. The Hall–Kier alpha value is -5.88. The van der Waals surface area contributed by atoms with Crippen molar-refractivity contribution in [3.05, 3.63) is 164 Å². The molecule has 0 aliphatic carbocycles. The Morgan fingerprint density at radius 1 is 0.396 bits per heavy atom. The van der Waals surface area contributed by atoms with Crippen molar-refractivity contribution in [3.8, 4) is 0 Å². The number of hydrogen-bond donors (Lipinski definition) is 2. The van der Waals surface area contributed by atoms with E-state index in [0.29, 0.717) is 11.1 Å². The van der Waals surface area contributed by atoms with Crippen molar-refractivity contribution in [2.45, 2.75) is 41.5 Å². The SMILES string of the molecule is Cc1cc(C)c(C(=O)c2cc3ccccc3cc2C(=O)O)c(C)c1.Cc1cc(C)c(C(=O)c2cc3ccccc3cc2C(=O)O)c(C)c1. The summed E-state index contributed by atoms with van der Waals surface area (Å²) in [4.78, 5) is 49.6. The fourth-order valence-electron chi connectivity index (χ4n) is 6.56. The molecule has 0 radical (unpaired) electrons. The summed E-state index contributed by atoms with van der Waals surface area (Å²) in [6.45, 7) is 11.5. The Morgan fingerprint density at radius 2 is 0.646 bits per heavy atom. The number of fused-ring (bicyclic) bond motifs is 2. The number of carbonyl (C=O) groups is 4. The summed E-state index contributed by atoms with van der Waals surface area (Å²) in [5.74, 6) is -2.67. The van der Waals surface area contributed by atoms with Gasteiger partial charge in [-0.05, 0) is 110 Å². The van der Waals surface area contributed by atoms with Crippen molar-refractivity contribution in [2.75, 3.05) is 0 Å². The lowest BCUT2D eigenvalue weighted by molar-refractivity contribution is 0.0684. The van der Waals surface area contributed by atoms with Crippen molar-refractivity contribution in [1.82, 2.24) is 0 Å². The molecule has 0 saturated heterocycles. The number of carboxylic acids is 2. The van der Waals surface area contributed by atoms with Crippen LogP contribution in [0.25, 0.3) is 21.5 Å². The first-order valence-electron chi connectivity index (χ1n) is 15.5. The van der Waals surface area contributed by atoms with E-state index >= 15 is 0 Å². The van der Waals surface area contributed by atoms with Gasteiger partial charge in [0, 0.05) is 22.3 Å². The standard InChI is InChI=1S/2C21H18O3/c2*1-12-8-13(2)19(14(3)9-12)20(22)17-10-15-6-4-5-7-16(15)11-18(17)21(23)24/h2*4-11H,1-3H3,(H,23,24). The molecule has 0 spiro atoms. The Kier molecular flexibility index (Phi) is 9.39. The molecular formula is C42H36O6. The topological polar surface area (TPSA) is 109 Å². The normalized spacial score (nSPS) is 10.8. The lowest BCUT2D eigenvalue weighted by Gasteiger charge is -2.13. The molecular weight excluding hydrogens is 600 g/mol. The van der Waals surface area contributed by atoms with Crippen LogP contribution in [-0.4, -0.2) is 33.7 Å². The zero-order valence-electron chi connectivity index (χ0n) is 27.8. The summed E-state index contributed by atoms with van der Waals surface area (Å²) in [5.41, 5.74) is 7.32. The van der Waals surface area contributed by atoms with Crippen molar-refractivity contribution >= 4 is 45.0 Å². The van der Waals surface area contributed by atoms with Crippen molar-refractivity contribution in [2.24, 2.45) is 0 Å². The van der Waals surface area contributed by atoms with E-state index < -0.39 is 11.9 Å². The van der Waals surface area contributed by atoms with Gasteiger partial charge in [0.2, 0.25) is 0 Å². The number of aromatic carboxylic acids is 2. The highest BCUT2D eigenvalue weighted by atomic mass is 16.4. The molecule has 240 valence electrons. The molecule has 0 saturated carbocycles. The van der Waals surface area contributed by atoms with Gasteiger partial charge in [-0.2, -0.15) is 0 Å². The van der Waals surface area contributed by atoms with Crippen LogP contribution in [0, 0.1) is 41.5 Å². The van der Waals surface area contributed by atoms with Crippen LogP contribution >= 0.6 is 0 Å². The number of rotatable bonds is 6. The largest absolute Gasteiger partial charge is 0.478 e. The van der Waals surface area contributed by atoms with Gasteiger partial charge in [-0.25, -0.2) is 9.59 Å². The number of hydrogen-bond acceptors (Lipinski definition) is 4. The van der Waals surface area contributed by atoms with Gasteiger partial charge in [-0.3, -0.25) is 9.59 Å². The van der Waals surface area contributed by atoms with Crippen LogP contribution in [0.5, 0.6) is 0 Å². The van der Waals surface area contributed by atoms with Crippen LogP contribution in [0.2, 0.25) is 0 Å². The van der Waals surface area contributed by atoms with E-state index in [-0.39, 0.29) is 33.8 Å². The van der Waals surface area contributed by atoms with E-state index in [4.69, 9.17) is 0 Å². The van der Waals surface area contributed by atoms with Gasteiger partial charge in [0.15, 0.2) is 11.6 Å². The smallest absolute Gasteiger partial charge is 0.336 e. The van der Waals surface area contributed by atoms with Crippen LogP contribution in [0.4, 0.5) is 0 Å². The maximum absolute atomic E-state index is 13.1. The fourth-order valence-corrected chi connectivity index (χ4v) is 6.56. The first-order valence-corrected chi connectivity index (χ1v) is 15.5. The molecule has 0 aliphatic heterocycles. The van der Waals surface area contributed by atoms with Crippen LogP contribution < -0.4 is 0 Å². The third kappa shape index (κ3) is 6.65. The maximum atomic E-state index is 13.1. The van der Waals surface area contributed by atoms with Crippen molar-refractivity contribution in [1.29, 1.82) is 0 Å². The van der Waals surface area contributed by atoms with Gasteiger partial charge < -0.3 is 10.2 Å². The van der Waals surface area contributed by atoms with Crippen LogP contribution in [-0.2, 0) is 0 Å². The summed E-state index contributed by atoms with van der Waals surface area (Å²) in [5, 5.41) is 22.4. The molecule has 0 aliphatic rings. The first-order chi connectivity index (χ1) is 22.8. The molecule has 0 heterocycles. The molecule has 0 unspecified atom stereocenters. The molecule has 6 heteroatoms. The number of carbonyl (C=O) groups excluding carboxylic acids is 2. The maximum Gasteiger partial charge on any atom is 0.336 e. The molecule has 0 atom stereocenters. The molecule has 6 aromatic carbocycles. The average Bonchev–Trinajstić information content (AvgIpc) is 3.02. The van der Waals surface area contributed by atoms with Gasteiger partial charge in [0.05, 0.1) is 11.1 Å². The zero-order valence-corrected chi connectivity index (χ0v) is 27.8. The van der Waals surface area contributed by atoms with E-state index in [0.717, 1.165) is 54.9 Å². The summed E-state index contributed by atoms with van der Waals surface area (Å²) < 4.78 is 0. The van der Waals surface area contributed by atoms with Crippen LogP contribution in [0.15, 0.2) is 97.1 Å². The highest BCUT2D eigenvalue weighted by Gasteiger charge is 2.23. The third-order valence-electron chi connectivity index (χ3n) is 8.53. The van der Waals surface area contributed by atoms with Gasteiger partial charge in [-0.15, -0.1) is 0 Å². The van der Waals surface area contributed by atoms with Crippen LogP contribution in [0.1, 0.15) is 85.9 Å². The van der Waals surface area contributed by atoms with E-state index in [2.05, 4.69) is 0 Å². The molecule has 48 heavy (non-hydrogen) atoms. The van der Waals surface area contributed by atoms with Gasteiger partial charge in [0.25, 0.3) is 0 Å². The van der Waals surface area contributed by atoms with Crippen molar-refractivity contribution in [3.63, 3.8) is 0 Å². The quantitative estimate of drug-likeness (QED) is 0.176. The monoisotopic (exact) mass is 636 g/mol. The van der Waals surface area contributed by atoms with E-state index in [1.54, 1.807) is 24.3 Å². The summed E-state index contributed by atoms with van der Waals surface area (Å²) in [7, 11) is 0. The number of ketones is 2. The van der Waals surface area contributed by atoms with Crippen LogP contribution in [0.3, 0.4) is 0 Å². The number of carboxylic acid groups (broad SMARTS) is 2. The van der Waals surface area contributed by atoms with Gasteiger partial charge in [0.1, 0.15) is 0 Å². The lowest BCUT2D eigenvalue weighted by atomic mass is 9.89. The highest BCUT2D eigenvalue weighted by molar-refractivity contribution is 6.18. The second-order valence-electron chi connectivity index (χ2n) is 12.3. The fraction of sp³-hybridized carbons (Fsp3) is 0.143. The predicted octanol–water partition coefficient (Wildman–Crippen LogP) is 9.39. The Labute approximate surface area is 279 Å². The molecule has 6 rings (SSSR count). The van der Waals surface area contributed by atoms with E-state index in [1.807, 2.05) is 114 Å². The average molecular weight is 637 g/mol.